The van der Waals surface area contributed by atoms with Crippen LogP contribution in [0.15, 0.2) is 47.7 Å². The van der Waals surface area contributed by atoms with Gasteiger partial charge >= 0.3 is 0 Å². The maximum absolute atomic E-state index is 6.02. The minimum Gasteiger partial charge on any atom is -0.376 e. The number of nitrogens with zero attached hydrogens (tertiary/aromatic N) is 3. The lowest BCUT2D eigenvalue weighted by atomic mass is 10.1. The maximum atomic E-state index is 6.02. The fourth-order valence-electron chi connectivity index (χ4n) is 3.56. The van der Waals surface area contributed by atoms with Crippen LogP contribution in [0.3, 0.4) is 0 Å². The Labute approximate surface area is 168 Å². The molecule has 2 N–H and O–H groups in total. The van der Waals surface area contributed by atoms with Crippen LogP contribution in [0.1, 0.15) is 49.7 Å². The van der Waals surface area contributed by atoms with E-state index in [-0.39, 0.29) is 0 Å². The van der Waals surface area contributed by atoms with Crippen LogP contribution in [0.25, 0.3) is 0 Å². The zero-order chi connectivity index (χ0) is 19.4. The predicted octanol–water partition coefficient (Wildman–Crippen LogP) is 3.34. The molecule has 3 rings (SSSR count). The van der Waals surface area contributed by atoms with Crippen molar-refractivity contribution in [3.8, 4) is 0 Å². The van der Waals surface area contributed by atoms with Crippen LogP contribution in [-0.2, 0) is 17.8 Å². The van der Waals surface area contributed by atoms with Crippen LogP contribution in [-0.4, -0.2) is 42.0 Å². The lowest BCUT2D eigenvalue weighted by Gasteiger charge is -2.16. The molecule has 152 valence electrons. The van der Waals surface area contributed by atoms with Crippen LogP contribution in [0, 0.1) is 0 Å². The molecule has 1 aliphatic rings. The number of aliphatic imine (C=N–C) groups is 1. The van der Waals surface area contributed by atoms with E-state index in [0.29, 0.717) is 12.6 Å². The van der Waals surface area contributed by atoms with Gasteiger partial charge in [0.2, 0.25) is 0 Å². The molecule has 0 bridgehead atoms. The summed E-state index contributed by atoms with van der Waals surface area (Å²) in [4.78, 5) is 4.29. The first kappa shape index (κ1) is 20.4. The Morgan fingerprint density at radius 1 is 1.11 bits per heavy atom. The molecule has 2 aromatic rings. The first-order chi connectivity index (χ1) is 13.8. The molecule has 6 nitrogen and oxygen atoms in total. The quantitative estimate of drug-likeness (QED) is 0.318. The summed E-state index contributed by atoms with van der Waals surface area (Å²) in [5, 5.41) is 11.1. The van der Waals surface area contributed by atoms with E-state index in [1.807, 2.05) is 16.9 Å². The molecule has 1 aromatic heterocycles. The van der Waals surface area contributed by atoms with Gasteiger partial charge in [-0.3, -0.25) is 9.67 Å². The highest BCUT2D eigenvalue weighted by Crippen LogP contribution is 2.19. The van der Waals surface area contributed by atoms with Gasteiger partial charge < -0.3 is 15.4 Å². The molecule has 0 atom stereocenters. The normalized spacial score (nSPS) is 16.0. The number of nitrogens with one attached hydrogen (secondary N) is 2. The van der Waals surface area contributed by atoms with Crippen molar-refractivity contribution < 1.29 is 4.74 Å². The van der Waals surface area contributed by atoms with Gasteiger partial charge in [0.15, 0.2) is 5.96 Å². The molecular formula is C22H33N5O. The van der Waals surface area contributed by atoms with Gasteiger partial charge in [-0.15, -0.1) is 0 Å². The lowest BCUT2D eigenvalue weighted by molar-refractivity contribution is 0.0468. The smallest absolute Gasteiger partial charge is 0.191 e. The molecule has 0 spiro atoms. The molecule has 1 aliphatic carbocycles. The van der Waals surface area contributed by atoms with E-state index in [0.717, 1.165) is 31.2 Å². The largest absolute Gasteiger partial charge is 0.376 e. The number of rotatable bonds is 8. The SMILES string of the molecule is CN=C(NCCOC1CCCCCC1)NCc1cnn(Cc2ccccc2)c1. The van der Waals surface area contributed by atoms with Crippen molar-refractivity contribution >= 4 is 5.96 Å². The van der Waals surface area contributed by atoms with Crippen molar-refractivity contribution in [1.82, 2.24) is 20.4 Å². The van der Waals surface area contributed by atoms with Crippen LogP contribution in [0.4, 0.5) is 0 Å². The lowest BCUT2D eigenvalue weighted by Crippen LogP contribution is -2.38. The zero-order valence-electron chi connectivity index (χ0n) is 16.9. The highest BCUT2D eigenvalue weighted by molar-refractivity contribution is 5.79. The fourth-order valence-corrected chi connectivity index (χ4v) is 3.56. The number of hydrogen-bond acceptors (Lipinski definition) is 3. The molecule has 0 saturated heterocycles. The van der Waals surface area contributed by atoms with E-state index in [4.69, 9.17) is 4.74 Å². The second kappa shape index (κ2) is 11.5. The summed E-state index contributed by atoms with van der Waals surface area (Å²) in [6.07, 6.45) is 12.2. The molecular weight excluding hydrogens is 350 g/mol. The van der Waals surface area contributed by atoms with Gasteiger partial charge in [-0.2, -0.15) is 5.10 Å². The van der Waals surface area contributed by atoms with Gasteiger partial charge in [0.1, 0.15) is 0 Å². The first-order valence-corrected chi connectivity index (χ1v) is 10.4. The number of benzene rings is 1. The van der Waals surface area contributed by atoms with E-state index >= 15 is 0 Å². The maximum Gasteiger partial charge on any atom is 0.191 e. The van der Waals surface area contributed by atoms with Gasteiger partial charge in [0, 0.05) is 31.9 Å². The van der Waals surface area contributed by atoms with Gasteiger partial charge in [-0.05, 0) is 18.4 Å². The Hall–Kier alpha value is -2.34. The summed E-state index contributed by atoms with van der Waals surface area (Å²) in [5.41, 5.74) is 2.38. The summed E-state index contributed by atoms with van der Waals surface area (Å²) < 4.78 is 7.98. The Bertz CT molecular complexity index is 705. The van der Waals surface area contributed by atoms with Gasteiger partial charge in [-0.1, -0.05) is 56.0 Å². The highest BCUT2D eigenvalue weighted by atomic mass is 16.5. The van der Waals surface area contributed by atoms with Crippen molar-refractivity contribution in [3.63, 3.8) is 0 Å². The Kier molecular flexibility index (Phi) is 8.37. The third-order valence-electron chi connectivity index (χ3n) is 5.11. The molecule has 1 fully saturated rings. The van der Waals surface area contributed by atoms with E-state index < -0.39 is 0 Å². The standard InChI is InChI=1S/C22H33N5O/c1-23-22(24-13-14-28-21-11-7-2-3-8-12-21)25-15-20-16-26-27(18-20)17-19-9-5-4-6-10-19/h4-6,9-10,16,18,21H,2-3,7-8,11-15,17H2,1H3,(H2,23,24,25). The van der Waals surface area contributed by atoms with Crippen molar-refractivity contribution in [1.29, 1.82) is 0 Å². The Balaban J connectivity index is 1.35. The third kappa shape index (κ3) is 7.00. The average molecular weight is 384 g/mol. The van der Waals surface area contributed by atoms with Crippen molar-refractivity contribution in [3.05, 3.63) is 53.9 Å². The van der Waals surface area contributed by atoms with Crippen LogP contribution in [0.2, 0.25) is 0 Å². The van der Waals surface area contributed by atoms with E-state index in [1.165, 1.54) is 44.1 Å². The number of aromatic nitrogens is 2. The molecule has 0 aliphatic heterocycles. The summed E-state index contributed by atoms with van der Waals surface area (Å²) >= 11 is 0. The van der Waals surface area contributed by atoms with Gasteiger partial charge in [-0.25, -0.2) is 0 Å². The van der Waals surface area contributed by atoms with E-state index in [1.54, 1.807) is 7.05 Å². The predicted molar refractivity (Wildman–Crippen MR) is 113 cm³/mol. The second-order valence-corrected chi connectivity index (χ2v) is 7.37. The summed E-state index contributed by atoms with van der Waals surface area (Å²) in [7, 11) is 1.79. The zero-order valence-corrected chi connectivity index (χ0v) is 16.9. The van der Waals surface area contributed by atoms with Crippen molar-refractivity contribution in [2.45, 2.75) is 57.7 Å². The van der Waals surface area contributed by atoms with E-state index in [2.05, 4.69) is 51.2 Å². The highest BCUT2D eigenvalue weighted by Gasteiger charge is 2.12. The second-order valence-electron chi connectivity index (χ2n) is 7.37. The van der Waals surface area contributed by atoms with Crippen molar-refractivity contribution in [2.75, 3.05) is 20.2 Å². The Morgan fingerprint density at radius 2 is 1.89 bits per heavy atom. The average Bonchev–Trinajstić information content (AvgIpc) is 3.00. The molecule has 1 aromatic carbocycles. The van der Waals surface area contributed by atoms with Crippen LogP contribution < -0.4 is 10.6 Å². The third-order valence-corrected chi connectivity index (χ3v) is 5.11. The summed E-state index contributed by atoms with van der Waals surface area (Å²) in [6.45, 7) is 2.97. The van der Waals surface area contributed by atoms with Crippen molar-refractivity contribution in [2.24, 2.45) is 4.99 Å². The Morgan fingerprint density at radius 3 is 2.64 bits per heavy atom. The van der Waals surface area contributed by atoms with Gasteiger partial charge in [0.05, 0.1) is 25.5 Å². The van der Waals surface area contributed by atoms with Gasteiger partial charge in [0.25, 0.3) is 0 Å². The molecule has 6 heteroatoms. The summed E-state index contributed by atoms with van der Waals surface area (Å²) in [5.74, 6) is 0.792. The summed E-state index contributed by atoms with van der Waals surface area (Å²) in [6, 6.07) is 10.4. The minimum atomic E-state index is 0.440. The van der Waals surface area contributed by atoms with Crippen LogP contribution in [0.5, 0.6) is 0 Å². The molecule has 0 radical (unpaired) electrons. The number of ether oxygens (including phenoxy) is 1. The molecule has 1 saturated carbocycles. The number of hydrogen-bond donors (Lipinski definition) is 2. The number of guanidine groups is 1. The fraction of sp³-hybridized carbons (Fsp3) is 0.545. The first-order valence-electron chi connectivity index (χ1n) is 10.4. The molecule has 0 amide bonds. The molecule has 1 heterocycles. The molecule has 28 heavy (non-hydrogen) atoms. The van der Waals surface area contributed by atoms with E-state index in [9.17, 15) is 0 Å². The molecule has 0 unspecified atom stereocenters. The monoisotopic (exact) mass is 383 g/mol. The minimum absolute atomic E-state index is 0.440. The van der Waals surface area contributed by atoms with Crippen LogP contribution >= 0.6 is 0 Å². The topological polar surface area (TPSA) is 63.5 Å².